The molecule has 2 heterocycles. The Morgan fingerprint density at radius 3 is 2.33 bits per heavy atom. The smallest absolute Gasteiger partial charge is 0.253 e. The molecule has 0 saturated carbocycles. The van der Waals surface area contributed by atoms with E-state index in [-0.39, 0.29) is 11.8 Å². The number of para-hydroxylation sites is 1. The van der Waals surface area contributed by atoms with Gasteiger partial charge in [0, 0.05) is 38.9 Å². The fraction of sp³-hybridized carbons (Fsp3) is 0.269. The molecular weight excluding hydrogens is 414 g/mol. The molecule has 7 heteroatoms. The van der Waals surface area contributed by atoms with Crippen LogP contribution in [0.1, 0.15) is 15.9 Å². The van der Waals surface area contributed by atoms with Gasteiger partial charge in [-0.15, -0.1) is 0 Å². The van der Waals surface area contributed by atoms with Crippen molar-refractivity contribution in [2.75, 3.05) is 49.5 Å². The molecule has 0 aliphatic carbocycles. The molecule has 33 heavy (non-hydrogen) atoms. The van der Waals surface area contributed by atoms with Gasteiger partial charge in [-0.05, 0) is 36.2 Å². The van der Waals surface area contributed by atoms with E-state index in [1.165, 1.54) is 5.56 Å². The normalized spacial score (nSPS) is 14.0. The van der Waals surface area contributed by atoms with Gasteiger partial charge in [-0.3, -0.25) is 14.5 Å². The lowest BCUT2D eigenvalue weighted by Crippen LogP contribution is -2.49. The molecule has 1 aliphatic heterocycles. The third-order valence-electron chi connectivity index (χ3n) is 5.70. The highest BCUT2D eigenvalue weighted by molar-refractivity contribution is 6.04. The highest BCUT2D eigenvalue weighted by Gasteiger charge is 2.20. The molecule has 170 valence electrons. The fourth-order valence-corrected chi connectivity index (χ4v) is 3.92. The number of nitrogens with zero attached hydrogens (tertiary/aromatic N) is 3. The number of piperazine rings is 1. The molecule has 0 radical (unpaired) electrons. The lowest BCUT2D eigenvalue weighted by Gasteiger charge is -2.34. The first-order chi connectivity index (χ1) is 16.2. The first kappa shape index (κ1) is 22.5. The Balaban J connectivity index is 1.26. The SMILES string of the molecule is O=C(CN1CCN(c2ccccn2)CC1)Nc1ccccc1C(=O)NCCc1ccccc1. The van der Waals surface area contributed by atoms with Gasteiger partial charge in [0.2, 0.25) is 5.91 Å². The summed E-state index contributed by atoms with van der Waals surface area (Å²) in [5.74, 6) is 0.658. The van der Waals surface area contributed by atoms with Crippen LogP contribution in [-0.2, 0) is 11.2 Å². The van der Waals surface area contributed by atoms with Crippen molar-refractivity contribution in [1.82, 2.24) is 15.2 Å². The summed E-state index contributed by atoms with van der Waals surface area (Å²) in [5.41, 5.74) is 2.17. The van der Waals surface area contributed by atoms with Crippen LogP contribution in [-0.4, -0.2) is 61.0 Å². The second-order valence-electron chi connectivity index (χ2n) is 8.04. The minimum atomic E-state index is -0.189. The monoisotopic (exact) mass is 443 g/mol. The summed E-state index contributed by atoms with van der Waals surface area (Å²) in [6.45, 7) is 4.04. The Morgan fingerprint density at radius 1 is 0.848 bits per heavy atom. The van der Waals surface area contributed by atoms with Gasteiger partial charge in [0.15, 0.2) is 0 Å². The molecule has 0 atom stereocenters. The van der Waals surface area contributed by atoms with Gasteiger partial charge in [-0.25, -0.2) is 4.98 Å². The molecule has 2 N–H and O–H groups in total. The van der Waals surface area contributed by atoms with Crippen molar-refractivity contribution in [2.24, 2.45) is 0 Å². The van der Waals surface area contributed by atoms with Crippen molar-refractivity contribution < 1.29 is 9.59 Å². The molecule has 2 amide bonds. The number of rotatable bonds is 8. The third kappa shape index (κ3) is 6.40. The van der Waals surface area contributed by atoms with Crippen molar-refractivity contribution in [3.63, 3.8) is 0 Å². The van der Waals surface area contributed by atoms with Gasteiger partial charge in [-0.2, -0.15) is 0 Å². The number of hydrogen-bond acceptors (Lipinski definition) is 5. The number of hydrogen-bond donors (Lipinski definition) is 2. The molecule has 7 nitrogen and oxygen atoms in total. The van der Waals surface area contributed by atoms with E-state index in [2.05, 4.69) is 25.4 Å². The van der Waals surface area contributed by atoms with Crippen LogP contribution in [0.3, 0.4) is 0 Å². The van der Waals surface area contributed by atoms with E-state index in [0.717, 1.165) is 38.4 Å². The summed E-state index contributed by atoms with van der Waals surface area (Å²) in [6, 6.07) is 23.0. The summed E-state index contributed by atoms with van der Waals surface area (Å²) in [4.78, 5) is 34.2. The van der Waals surface area contributed by atoms with Gasteiger partial charge in [-0.1, -0.05) is 48.5 Å². The highest BCUT2D eigenvalue weighted by Crippen LogP contribution is 2.16. The van der Waals surface area contributed by atoms with E-state index in [9.17, 15) is 9.59 Å². The quantitative estimate of drug-likeness (QED) is 0.560. The van der Waals surface area contributed by atoms with Crippen LogP contribution in [0.25, 0.3) is 0 Å². The average Bonchev–Trinajstić information content (AvgIpc) is 2.86. The molecule has 2 aromatic carbocycles. The van der Waals surface area contributed by atoms with Gasteiger partial charge in [0.05, 0.1) is 17.8 Å². The molecule has 1 aromatic heterocycles. The zero-order valence-electron chi connectivity index (χ0n) is 18.6. The minimum absolute atomic E-state index is 0.120. The molecule has 0 spiro atoms. The van der Waals surface area contributed by atoms with Crippen molar-refractivity contribution in [3.8, 4) is 0 Å². The number of aromatic nitrogens is 1. The van der Waals surface area contributed by atoms with Crippen LogP contribution in [0, 0.1) is 0 Å². The lowest BCUT2D eigenvalue weighted by atomic mass is 10.1. The number of pyridine rings is 1. The van der Waals surface area contributed by atoms with Crippen molar-refractivity contribution in [3.05, 3.63) is 90.1 Å². The molecule has 0 unspecified atom stereocenters. The maximum absolute atomic E-state index is 12.7. The Morgan fingerprint density at radius 2 is 1.58 bits per heavy atom. The lowest BCUT2D eigenvalue weighted by molar-refractivity contribution is -0.117. The maximum Gasteiger partial charge on any atom is 0.253 e. The third-order valence-corrected chi connectivity index (χ3v) is 5.70. The van der Waals surface area contributed by atoms with E-state index in [0.29, 0.717) is 24.3 Å². The van der Waals surface area contributed by atoms with Gasteiger partial charge < -0.3 is 15.5 Å². The first-order valence-corrected chi connectivity index (χ1v) is 11.3. The molecular formula is C26H29N5O2. The van der Waals surface area contributed by atoms with Crippen molar-refractivity contribution >= 4 is 23.3 Å². The van der Waals surface area contributed by atoms with E-state index >= 15 is 0 Å². The highest BCUT2D eigenvalue weighted by atomic mass is 16.2. The Bertz CT molecular complexity index is 1050. The topological polar surface area (TPSA) is 77.6 Å². The van der Waals surface area contributed by atoms with E-state index in [1.54, 1.807) is 24.4 Å². The predicted molar refractivity (Wildman–Crippen MR) is 130 cm³/mol. The maximum atomic E-state index is 12.7. The predicted octanol–water partition coefficient (Wildman–Crippen LogP) is 2.81. The van der Waals surface area contributed by atoms with E-state index < -0.39 is 0 Å². The molecule has 1 fully saturated rings. The summed E-state index contributed by atoms with van der Waals surface area (Å²) >= 11 is 0. The van der Waals surface area contributed by atoms with Crippen LogP contribution in [0.15, 0.2) is 79.0 Å². The first-order valence-electron chi connectivity index (χ1n) is 11.3. The number of nitrogens with one attached hydrogen (secondary N) is 2. The summed E-state index contributed by atoms with van der Waals surface area (Å²) < 4.78 is 0. The van der Waals surface area contributed by atoms with Crippen LogP contribution >= 0.6 is 0 Å². The largest absolute Gasteiger partial charge is 0.354 e. The molecule has 1 aliphatic rings. The zero-order valence-corrected chi connectivity index (χ0v) is 18.6. The fourth-order valence-electron chi connectivity index (χ4n) is 3.92. The number of carbonyl (C=O) groups excluding carboxylic acids is 2. The summed E-state index contributed by atoms with van der Waals surface area (Å²) in [6.07, 6.45) is 2.55. The van der Waals surface area contributed by atoms with Crippen molar-refractivity contribution in [1.29, 1.82) is 0 Å². The molecule has 3 aromatic rings. The van der Waals surface area contributed by atoms with E-state index in [4.69, 9.17) is 0 Å². The minimum Gasteiger partial charge on any atom is -0.354 e. The Hall–Kier alpha value is -3.71. The van der Waals surface area contributed by atoms with Crippen molar-refractivity contribution in [2.45, 2.75) is 6.42 Å². The second-order valence-corrected chi connectivity index (χ2v) is 8.04. The van der Waals surface area contributed by atoms with Gasteiger partial charge in [0.25, 0.3) is 5.91 Å². The molecule has 0 bridgehead atoms. The van der Waals surface area contributed by atoms with Crippen LogP contribution < -0.4 is 15.5 Å². The Kier molecular flexibility index (Phi) is 7.66. The zero-order chi connectivity index (χ0) is 22.9. The van der Waals surface area contributed by atoms with Gasteiger partial charge >= 0.3 is 0 Å². The second kappa shape index (κ2) is 11.2. The Labute approximate surface area is 194 Å². The number of carbonyl (C=O) groups is 2. The molecule has 1 saturated heterocycles. The standard InChI is InChI=1S/C26H29N5O2/c32-25(20-30-16-18-31(19-17-30)24-12-6-7-14-27-24)29-23-11-5-4-10-22(23)26(33)28-15-13-21-8-2-1-3-9-21/h1-12,14H,13,15-20H2,(H,28,33)(H,29,32). The molecule has 4 rings (SSSR count). The number of anilines is 2. The number of benzene rings is 2. The number of amides is 2. The van der Waals surface area contributed by atoms with Gasteiger partial charge in [0.1, 0.15) is 5.82 Å². The summed E-state index contributed by atoms with van der Waals surface area (Å²) in [7, 11) is 0. The average molecular weight is 444 g/mol. The van der Waals surface area contributed by atoms with E-state index in [1.807, 2.05) is 54.6 Å². The van der Waals surface area contributed by atoms with Crippen LogP contribution in [0.4, 0.5) is 11.5 Å². The van der Waals surface area contributed by atoms with Crippen LogP contribution in [0.2, 0.25) is 0 Å². The van der Waals surface area contributed by atoms with Crippen LogP contribution in [0.5, 0.6) is 0 Å². The summed E-state index contributed by atoms with van der Waals surface area (Å²) in [5, 5.41) is 5.87.